The second-order valence-electron chi connectivity index (χ2n) is 7.44. The topological polar surface area (TPSA) is 86.0 Å². The van der Waals surface area contributed by atoms with Gasteiger partial charge >= 0.3 is 11.6 Å². The average molecular weight is 380 g/mol. The van der Waals surface area contributed by atoms with Gasteiger partial charge in [0.15, 0.2) is 6.61 Å². The van der Waals surface area contributed by atoms with E-state index in [9.17, 15) is 9.59 Å². The van der Waals surface area contributed by atoms with Crippen LogP contribution in [0, 0.1) is 0 Å². The van der Waals surface area contributed by atoms with Gasteiger partial charge in [-0.1, -0.05) is 30.3 Å². The van der Waals surface area contributed by atoms with E-state index in [2.05, 4.69) is 0 Å². The Balaban J connectivity index is 2.03. The lowest BCUT2D eigenvalue weighted by molar-refractivity contribution is -0.139. The zero-order valence-corrected chi connectivity index (χ0v) is 15.7. The Morgan fingerprint density at radius 1 is 1.21 bits per heavy atom. The Bertz CT molecular complexity index is 1110. The standard InChI is InChI=1S/C22H20O6/c1-22(2)9-8-14-16(28-22)11-17(26-12-18(23)24)20-15(10-19(25)27-21(14)20)13-6-4-3-5-7-13/h3-7,10-11H,8-9,12H2,1-2H3,(H,23,24). The molecule has 0 aliphatic carbocycles. The number of fused-ring (bicyclic) bond motifs is 3. The van der Waals surface area contributed by atoms with Gasteiger partial charge in [0.1, 0.15) is 22.7 Å². The third kappa shape index (κ3) is 3.33. The summed E-state index contributed by atoms with van der Waals surface area (Å²) in [6.45, 7) is 3.45. The van der Waals surface area contributed by atoms with Crippen LogP contribution in [0.4, 0.5) is 0 Å². The molecule has 1 aliphatic rings. The summed E-state index contributed by atoms with van der Waals surface area (Å²) in [5, 5.41) is 9.65. The van der Waals surface area contributed by atoms with Crippen molar-refractivity contribution in [2.75, 3.05) is 6.61 Å². The molecule has 6 heteroatoms. The molecule has 3 aromatic rings. The molecule has 1 aliphatic heterocycles. The fraction of sp³-hybridized carbons (Fsp3) is 0.273. The molecule has 0 atom stereocenters. The van der Waals surface area contributed by atoms with E-state index in [0.29, 0.717) is 34.5 Å². The van der Waals surface area contributed by atoms with Crippen molar-refractivity contribution in [3.8, 4) is 22.6 Å². The maximum absolute atomic E-state index is 12.3. The van der Waals surface area contributed by atoms with Crippen molar-refractivity contribution in [3.63, 3.8) is 0 Å². The molecule has 0 amide bonds. The lowest BCUT2D eigenvalue weighted by Gasteiger charge is -2.33. The summed E-state index contributed by atoms with van der Waals surface area (Å²) in [4.78, 5) is 23.4. The Kier molecular flexibility index (Phi) is 4.34. The third-order valence-electron chi connectivity index (χ3n) is 4.84. The van der Waals surface area contributed by atoms with E-state index in [1.165, 1.54) is 6.07 Å². The normalized spacial score (nSPS) is 14.9. The summed E-state index contributed by atoms with van der Waals surface area (Å²) in [6.07, 6.45) is 1.45. The molecule has 0 radical (unpaired) electrons. The average Bonchev–Trinajstić information content (AvgIpc) is 2.65. The van der Waals surface area contributed by atoms with E-state index >= 15 is 0 Å². The fourth-order valence-corrected chi connectivity index (χ4v) is 3.54. The van der Waals surface area contributed by atoms with Gasteiger partial charge in [0.2, 0.25) is 0 Å². The Morgan fingerprint density at radius 3 is 2.68 bits per heavy atom. The van der Waals surface area contributed by atoms with Gasteiger partial charge in [0.05, 0.1) is 5.39 Å². The maximum atomic E-state index is 12.3. The minimum atomic E-state index is -1.09. The van der Waals surface area contributed by atoms with Gasteiger partial charge < -0.3 is 19.0 Å². The van der Waals surface area contributed by atoms with Gasteiger partial charge in [-0.25, -0.2) is 9.59 Å². The van der Waals surface area contributed by atoms with Crippen LogP contribution in [0.2, 0.25) is 0 Å². The number of hydrogen-bond donors (Lipinski definition) is 1. The first-order chi connectivity index (χ1) is 13.3. The van der Waals surface area contributed by atoms with E-state index in [4.69, 9.17) is 19.0 Å². The lowest BCUT2D eigenvalue weighted by atomic mass is 9.91. The molecule has 6 nitrogen and oxygen atoms in total. The molecule has 2 aromatic carbocycles. The molecular formula is C22H20O6. The number of carboxylic acids is 1. The molecule has 2 heterocycles. The zero-order chi connectivity index (χ0) is 19.9. The SMILES string of the molecule is CC1(C)CCc2c(cc(OCC(=O)O)c3c(-c4ccccc4)cc(=O)oc23)O1. The van der Waals surface area contributed by atoms with Crippen LogP contribution in [0.15, 0.2) is 51.7 Å². The number of carboxylic acid groups (broad SMARTS) is 1. The predicted octanol–water partition coefficient (Wildman–Crippen LogP) is 4.03. The first-order valence-corrected chi connectivity index (χ1v) is 9.07. The Labute approximate surface area is 161 Å². The summed E-state index contributed by atoms with van der Waals surface area (Å²) in [5.41, 5.74) is 1.79. The Hall–Kier alpha value is -3.28. The van der Waals surface area contributed by atoms with Gasteiger partial charge in [0, 0.05) is 23.3 Å². The molecule has 1 aromatic heterocycles. The minimum absolute atomic E-state index is 0.316. The van der Waals surface area contributed by atoms with Crippen molar-refractivity contribution in [2.45, 2.75) is 32.3 Å². The molecule has 0 bridgehead atoms. The summed E-state index contributed by atoms with van der Waals surface area (Å²) in [6, 6.07) is 12.5. The zero-order valence-electron chi connectivity index (χ0n) is 15.7. The van der Waals surface area contributed by atoms with Crippen LogP contribution in [-0.2, 0) is 11.2 Å². The van der Waals surface area contributed by atoms with Crippen molar-refractivity contribution in [2.24, 2.45) is 0 Å². The highest BCUT2D eigenvalue weighted by Gasteiger charge is 2.31. The van der Waals surface area contributed by atoms with Crippen LogP contribution >= 0.6 is 0 Å². The van der Waals surface area contributed by atoms with Crippen LogP contribution in [0.3, 0.4) is 0 Å². The quantitative estimate of drug-likeness (QED) is 0.688. The van der Waals surface area contributed by atoms with Crippen LogP contribution in [0.5, 0.6) is 11.5 Å². The predicted molar refractivity (Wildman–Crippen MR) is 104 cm³/mol. The van der Waals surface area contributed by atoms with Crippen LogP contribution in [-0.4, -0.2) is 23.3 Å². The largest absolute Gasteiger partial charge is 0.487 e. The molecule has 0 saturated carbocycles. The number of rotatable bonds is 4. The van der Waals surface area contributed by atoms with E-state index < -0.39 is 18.2 Å². The van der Waals surface area contributed by atoms with Crippen LogP contribution in [0.1, 0.15) is 25.8 Å². The summed E-state index contributed by atoms with van der Waals surface area (Å²) in [7, 11) is 0. The highest BCUT2D eigenvalue weighted by atomic mass is 16.5. The molecule has 144 valence electrons. The maximum Gasteiger partial charge on any atom is 0.341 e. The van der Waals surface area contributed by atoms with Crippen molar-refractivity contribution >= 4 is 16.9 Å². The minimum Gasteiger partial charge on any atom is -0.487 e. The molecular weight excluding hydrogens is 360 g/mol. The summed E-state index contributed by atoms with van der Waals surface area (Å²) < 4.78 is 17.2. The Morgan fingerprint density at radius 2 is 1.96 bits per heavy atom. The summed E-state index contributed by atoms with van der Waals surface area (Å²) >= 11 is 0. The number of benzene rings is 2. The highest BCUT2D eigenvalue weighted by Crippen LogP contribution is 2.44. The number of hydrogen-bond acceptors (Lipinski definition) is 5. The number of aryl methyl sites for hydroxylation is 1. The molecule has 0 fully saturated rings. The monoisotopic (exact) mass is 380 g/mol. The van der Waals surface area contributed by atoms with Crippen molar-refractivity contribution < 1.29 is 23.8 Å². The number of ether oxygens (including phenoxy) is 2. The van der Waals surface area contributed by atoms with Gasteiger partial charge in [0.25, 0.3) is 0 Å². The second-order valence-corrected chi connectivity index (χ2v) is 7.44. The summed E-state index contributed by atoms with van der Waals surface area (Å²) in [5.74, 6) is -0.222. The lowest BCUT2D eigenvalue weighted by Crippen LogP contribution is -2.32. The fourth-order valence-electron chi connectivity index (χ4n) is 3.54. The van der Waals surface area contributed by atoms with Crippen LogP contribution < -0.4 is 15.1 Å². The molecule has 0 spiro atoms. The van der Waals surface area contributed by atoms with Gasteiger partial charge in [-0.15, -0.1) is 0 Å². The number of aliphatic carboxylic acids is 1. The van der Waals surface area contributed by atoms with E-state index in [1.54, 1.807) is 6.07 Å². The van der Waals surface area contributed by atoms with Crippen molar-refractivity contribution in [1.29, 1.82) is 0 Å². The highest BCUT2D eigenvalue weighted by molar-refractivity contribution is 6.00. The third-order valence-corrected chi connectivity index (χ3v) is 4.84. The van der Waals surface area contributed by atoms with E-state index in [-0.39, 0.29) is 5.60 Å². The van der Waals surface area contributed by atoms with Gasteiger partial charge in [-0.3, -0.25) is 0 Å². The second kappa shape index (κ2) is 6.71. The van der Waals surface area contributed by atoms with E-state index in [1.807, 2.05) is 44.2 Å². The smallest absolute Gasteiger partial charge is 0.341 e. The van der Waals surface area contributed by atoms with Gasteiger partial charge in [-0.2, -0.15) is 0 Å². The molecule has 0 saturated heterocycles. The van der Waals surface area contributed by atoms with Crippen molar-refractivity contribution in [1.82, 2.24) is 0 Å². The molecule has 28 heavy (non-hydrogen) atoms. The van der Waals surface area contributed by atoms with E-state index in [0.717, 1.165) is 17.5 Å². The first kappa shape index (κ1) is 18.1. The number of carbonyl (C=O) groups is 1. The molecule has 1 N–H and O–H groups in total. The van der Waals surface area contributed by atoms with Crippen LogP contribution in [0.25, 0.3) is 22.1 Å². The van der Waals surface area contributed by atoms with Gasteiger partial charge in [-0.05, 0) is 32.3 Å². The first-order valence-electron chi connectivity index (χ1n) is 9.07. The van der Waals surface area contributed by atoms with Crippen molar-refractivity contribution in [3.05, 3.63) is 58.4 Å². The molecule has 0 unspecified atom stereocenters. The molecule has 4 rings (SSSR count).